The number of hydrogen-bond donors (Lipinski definition) is 2. The number of amides is 2. The normalized spacial score (nSPS) is 16.0. The van der Waals surface area contributed by atoms with Crippen molar-refractivity contribution in [3.8, 4) is 0 Å². The van der Waals surface area contributed by atoms with Gasteiger partial charge in [-0.2, -0.15) is 0 Å². The summed E-state index contributed by atoms with van der Waals surface area (Å²) in [5.74, 6) is -4.24. The van der Waals surface area contributed by atoms with Crippen LogP contribution in [0.4, 0.5) is 9.18 Å². The second-order valence-electron chi connectivity index (χ2n) is 10.5. The Kier molecular flexibility index (Phi) is 14.1. The Hall–Kier alpha value is -3.01. The first-order valence-corrected chi connectivity index (χ1v) is 14.8. The van der Waals surface area contributed by atoms with Crippen molar-refractivity contribution < 1.29 is 33.1 Å². The number of carbonyl (C=O) groups is 5. The van der Waals surface area contributed by atoms with Crippen LogP contribution in [-0.4, -0.2) is 46.6 Å². The second kappa shape index (κ2) is 16.9. The van der Waals surface area contributed by atoms with Gasteiger partial charge in [-0.1, -0.05) is 56.7 Å². The van der Waals surface area contributed by atoms with Crippen molar-refractivity contribution in [2.75, 3.05) is 6.61 Å². The molecule has 2 rings (SSSR count). The van der Waals surface area contributed by atoms with E-state index < -0.39 is 35.6 Å². The van der Waals surface area contributed by atoms with Gasteiger partial charge in [0.2, 0.25) is 5.91 Å². The molecule has 220 valence electrons. The van der Waals surface area contributed by atoms with Crippen molar-refractivity contribution in [3.05, 3.63) is 47.8 Å². The minimum Gasteiger partial charge on any atom is -0.463 e. The van der Waals surface area contributed by atoms with E-state index in [1.54, 1.807) is 19.1 Å². The summed E-state index contributed by atoms with van der Waals surface area (Å²) in [5, 5.41) is 2.85. The summed E-state index contributed by atoms with van der Waals surface area (Å²) in [6.07, 6.45) is 6.57. The van der Waals surface area contributed by atoms with Gasteiger partial charge in [-0.15, -0.1) is 0 Å². The highest BCUT2D eigenvalue weighted by molar-refractivity contribution is 8.14. The SMILES string of the molecule is CCOC(=O)/C=C/[C@H](CCC(N)=O)C(=O)[C@@H](CC(=O)[C@@H](NC(=O)SC1CCCC1)C(C)C)Cc1ccc(F)cc1. The molecule has 1 aromatic carbocycles. The fraction of sp³-hybridized carbons (Fsp3) is 0.567. The molecule has 0 unspecified atom stereocenters. The van der Waals surface area contributed by atoms with E-state index in [-0.39, 0.29) is 60.3 Å². The van der Waals surface area contributed by atoms with Gasteiger partial charge in [-0.05, 0) is 56.2 Å². The largest absolute Gasteiger partial charge is 0.463 e. The lowest BCUT2D eigenvalue weighted by Gasteiger charge is -2.25. The number of hydrogen-bond acceptors (Lipinski definition) is 7. The third-order valence-electron chi connectivity index (χ3n) is 6.93. The maximum absolute atomic E-state index is 13.8. The molecule has 0 radical (unpaired) electrons. The Balaban J connectivity index is 2.28. The molecular formula is C30H41FN2O6S. The highest BCUT2D eigenvalue weighted by Crippen LogP contribution is 2.30. The molecule has 1 aromatic rings. The van der Waals surface area contributed by atoms with Gasteiger partial charge >= 0.3 is 5.97 Å². The van der Waals surface area contributed by atoms with E-state index in [9.17, 15) is 28.4 Å². The predicted molar refractivity (Wildman–Crippen MR) is 153 cm³/mol. The number of carbonyl (C=O) groups excluding carboxylic acids is 5. The van der Waals surface area contributed by atoms with Gasteiger partial charge in [0.05, 0.1) is 12.6 Å². The number of nitrogens with two attached hydrogens (primary N) is 1. The molecule has 40 heavy (non-hydrogen) atoms. The Bertz CT molecular complexity index is 1050. The van der Waals surface area contributed by atoms with Gasteiger partial charge in [0.25, 0.3) is 5.24 Å². The van der Waals surface area contributed by atoms with Crippen molar-refractivity contribution in [2.24, 2.45) is 23.5 Å². The minimum absolute atomic E-state index is 0.0561. The van der Waals surface area contributed by atoms with E-state index in [4.69, 9.17) is 10.5 Å². The zero-order chi connectivity index (χ0) is 29.7. The van der Waals surface area contributed by atoms with Crippen molar-refractivity contribution in [1.29, 1.82) is 0 Å². The van der Waals surface area contributed by atoms with Crippen molar-refractivity contribution in [1.82, 2.24) is 5.32 Å². The molecule has 1 aliphatic rings. The number of Topliss-reactive ketones (excluding diaryl/α,β-unsaturated/α-hetero) is 2. The zero-order valence-electron chi connectivity index (χ0n) is 23.5. The number of allylic oxidation sites excluding steroid dienone is 1. The fourth-order valence-corrected chi connectivity index (χ4v) is 5.87. The molecule has 10 heteroatoms. The summed E-state index contributed by atoms with van der Waals surface area (Å²) in [6, 6.07) is 4.87. The third kappa shape index (κ3) is 11.6. The first-order chi connectivity index (χ1) is 19.0. The Morgan fingerprint density at radius 3 is 2.35 bits per heavy atom. The molecule has 1 aliphatic carbocycles. The molecule has 0 spiro atoms. The van der Waals surface area contributed by atoms with E-state index >= 15 is 0 Å². The van der Waals surface area contributed by atoms with Crippen molar-refractivity contribution >= 4 is 40.4 Å². The molecule has 3 N–H and O–H groups in total. The lowest BCUT2D eigenvalue weighted by Crippen LogP contribution is -2.44. The van der Waals surface area contributed by atoms with E-state index in [2.05, 4.69) is 5.32 Å². The summed E-state index contributed by atoms with van der Waals surface area (Å²) in [6.45, 7) is 5.48. The van der Waals surface area contributed by atoms with Crippen LogP contribution in [0.1, 0.15) is 71.3 Å². The van der Waals surface area contributed by atoms with Crippen LogP contribution in [0, 0.1) is 23.6 Å². The van der Waals surface area contributed by atoms with E-state index in [0.717, 1.165) is 31.8 Å². The van der Waals surface area contributed by atoms with E-state index in [1.165, 1.54) is 30.0 Å². The number of ether oxygens (including phenoxy) is 1. The zero-order valence-corrected chi connectivity index (χ0v) is 24.3. The maximum Gasteiger partial charge on any atom is 0.330 e. The van der Waals surface area contributed by atoms with Crippen LogP contribution in [0.25, 0.3) is 0 Å². The van der Waals surface area contributed by atoms with Gasteiger partial charge in [0, 0.05) is 36.0 Å². The van der Waals surface area contributed by atoms with Crippen LogP contribution in [0.15, 0.2) is 36.4 Å². The molecule has 0 aliphatic heterocycles. The number of rotatable bonds is 16. The smallest absolute Gasteiger partial charge is 0.330 e. The summed E-state index contributed by atoms with van der Waals surface area (Å²) >= 11 is 1.23. The average Bonchev–Trinajstić information content (AvgIpc) is 3.40. The second-order valence-corrected chi connectivity index (χ2v) is 11.8. The molecular weight excluding hydrogens is 535 g/mol. The van der Waals surface area contributed by atoms with Crippen LogP contribution < -0.4 is 11.1 Å². The number of thioether (sulfide) groups is 1. The van der Waals surface area contributed by atoms with Crippen molar-refractivity contribution in [3.63, 3.8) is 0 Å². The van der Waals surface area contributed by atoms with E-state index in [1.807, 2.05) is 13.8 Å². The molecule has 3 atom stereocenters. The summed E-state index contributed by atoms with van der Waals surface area (Å²) in [4.78, 5) is 63.5. The minimum atomic E-state index is -0.875. The fourth-order valence-electron chi connectivity index (χ4n) is 4.80. The predicted octanol–water partition coefficient (Wildman–Crippen LogP) is 4.92. The standard InChI is InChI=1S/C30H41FN2O6S/c1-4-39-27(36)16-12-21(11-15-26(32)35)29(37)22(17-20-9-13-23(31)14-10-20)18-25(34)28(19(2)3)33-30(38)40-24-7-5-6-8-24/h9-10,12-14,16,19,21-22,24,28H,4-8,11,15,17-18H2,1-3H3,(H2,32,35)(H,33,38)/b16-12+/t21-,22+,28-/m0/s1. The van der Waals surface area contributed by atoms with Gasteiger partial charge < -0.3 is 15.8 Å². The number of esters is 1. The highest BCUT2D eigenvalue weighted by atomic mass is 32.2. The first-order valence-electron chi connectivity index (χ1n) is 13.9. The van der Waals surface area contributed by atoms with Crippen LogP contribution in [0.3, 0.4) is 0 Å². The van der Waals surface area contributed by atoms with Gasteiger partial charge in [0.1, 0.15) is 11.6 Å². The molecule has 0 saturated heterocycles. The Morgan fingerprint density at radius 1 is 1.12 bits per heavy atom. The number of ketones is 2. The lowest BCUT2D eigenvalue weighted by atomic mass is 9.81. The lowest BCUT2D eigenvalue weighted by molar-refractivity contribution is -0.137. The van der Waals surface area contributed by atoms with Gasteiger partial charge in [-0.25, -0.2) is 9.18 Å². The summed E-state index contributed by atoms with van der Waals surface area (Å²) < 4.78 is 18.4. The molecule has 0 aromatic heterocycles. The number of halogens is 1. The van der Waals surface area contributed by atoms with Crippen LogP contribution in [0.5, 0.6) is 0 Å². The first kappa shape index (κ1) is 33.2. The van der Waals surface area contributed by atoms with Crippen LogP contribution in [0.2, 0.25) is 0 Å². The highest BCUT2D eigenvalue weighted by Gasteiger charge is 2.33. The number of nitrogens with one attached hydrogen (secondary N) is 1. The Labute approximate surface area is 240 Å². The molecule has 2 amide bonds. The summed E-state index contributed by atoms with van der Waals surface area (Å²) in [7, 11) is 0. The number of primary amides is 1. The molecule has 1 fully saturated rings. The Morgan fingerprint density at radius 2 is 1.77 bits per heavy atom. The summed E-state index contributed by atoms with van der Waals surface area (Å²) in [5.41, 5.74) is 5.97. The van der Waals surface area contributed by atoms with Gasteiger partial charge in [-0.3, -0.25) is 19.2 Å². The molecule has 0 bridgehead atoms. The van der Waals surface area contributed by atoms with Crippen LogP contribution in [-0.2, 0) is 30.3 Å². The quantitative estimate of drug-likeness (QED) is 0.211. The molecule has 8 nitrogen and oxygen atoms in total. The maximum atomic E-state index is 13.8. The molecule has 1 saturated carbocycles. The van der Waals surface area contributed by atoms with E-state index in [0.29, 0.717) is 5.56 Å². The molecule has 0 heterocycles. The topological polar surface area (TPSA) is 133 Å². The third-order valence-corrected chi connectivity index (χ3v) is 8.06. The average molecular weight is 577 g/mol. The van der Waals surface area contributed by atoms with Gasteiger partial charge in [0.15, 0.2) is 5.78 Å². The van der Waals surface area contributed by atoms with Crippen LogP contribution >= 0.6 is 11.8 Å². The number of benzene rings is 1. The monoisotopic (exact) mass is 576 g/mol. The van der Waals surface area contributed by atoms with Crippen molar-refractivity contribution in [2.45, 2.75) is 83.4 Å².